The monoisotopic (exact) mass is 1050 g/mol. The van der Waals surface area contributed by atoms with Crippen LogP contribution < -0.4 is 14.8 Å². The van der Waals surface area contributed by atoms with Crippen LogP contribution in [0.4, 0.5) is 5.69 Å². The van der Waals surface area contributed by atoms with Crippen molar-refractivity contribution in [3.63, 3.8) is 0 Å². The fourth-order valence-corrected chi connectivity index (χ4v) is 12.4. The van der Waals surface area contributed by atoms with Crippen molar-refractivity contribution in [3.05, 3.63) is 53.6 Å². The molecule has 72 heavy (non-hydrogen) atoms. The molecule has 5 N–H and O–H groups in total. The van der Waals surface area contributed by atoms with Gasteiger partial charge in [-0.05, 0) is 79.3 Å². The Balaban J connectivity index is 1.97. The van der Waals surface area contributed by atoms with Gasteiger partial charge in [-0.2, -0.15) is 0 Å². The van der Waals surface area contributed by atoms with Gasteiger partial charge in [0.1, 0.15) is 5.75 Å². The highest BCUT2D eigenvalue weighted by atomic mass is 31.2. The summed E-state index contributed by atoms with van der Waals surface area (Å²) in [6.45, 7) is 8.66. The van der Waals surface area contributed by atoms with E-state index in [1.54, 1.807) is 12.1 Å². The highest BCUT2D eigenvalue weighted by Gasteiger charge is 2.43. The van der Waals surface area contributed by atoms with Gasteiger partial charge in [-0.15, -0.1) is 0 Å². The van der Waals surface area contributed by atoms with E-state index in [0.29, 0.717) is 25.0 Å². The molecule has 0 aliphatic carbocycles. The van der Waals surface area contributed by atoms with Crippen LogP contribution in [0.15, 0.2) is 42.5 Å². The van der Waals surface area contributed by atoms with Gasteiger partial charge in [0.05, 0.1) is 5.69 Å². The minimum absolute atomic E-state index is 0.0226. The van der Waals surface area contributed by atoms with Crippen LogP contribution >= 0.6 is 15.2 Å². The molecular formula is C58H99NO11P2. The molecular weight excluding hydrogens is 949 g/mol. The summed E-state index contributed by atoms with van der Waals surface area (Å²) in [5, 5.41) is 0.388. The summed E-state index contributed by atoms with van der Waals surface area (Å²) in [5.74, 6) is -0.864. The summed E-state index contributed by atoms with van der Waals surface area (Å²) in [6, 6.07) is 12.8. The topological polar surface area (TPSA) is 197 Å². The van der Waals surface area contributed by atoms with Gasteiger partial charge in [0.25, 0.3) is 0 Å². The molecule has 0 saturated carbocycles. The molecule has 0 radical (unpaired) electrons. The first kappa shape index (κ1) is 65.3. The Bertz CT molecular complexity index is 1820. The van der Waals surface area contributed by atoms with Crippen molar-refractivity contribution in [2.24, 2.45) is 0 Å². The van der Waals surface area contributed by atoms with E-state index < -0.39 is 45.3 Å². The van der Waals surface area contributed by atoms with Crippen LogP contribution in [0.25, 0.3) is 0 Å². The minimum atomic E-state index is -5.23. The summed E-state index contributed by atoms with van der Waals surface area (Å²) < 4.78 is 35.4. The zero-order valence-corrected chi connectivity index (χ0v) is 47.1. The second kappa shape index (κ2) is 39.5. The number of benzene rings is 2. The fourth-order valence-electron chi connectivity index (χ4n) is 9.90. The number of rotatable bonds is 45. The predicted molar refractivity (Wildman–Crippen MR) is 295 cm³/mol. The highest BCUT2D eigenvalue weighted by molar-refractivity contribution is 7.70. The summed E-state index contributed by atoms with van der Waals surface area (Å²) in [5.41, 5.74) is 2.07. The fraction of sp³-hybridized carbons (Fsp3) is 0.741. The number of esters is 2. The molecule has 2 unspecified atom stereocenters. The first-order valence-electron chi connectivity index (χ1n) is 28.7. The third-order valence-electron chi connectivity index (χ3n) is 14.2. The molecule has 2 atom stereocenters. The van der Waals surface area contributed by atoms with Crippen molar-refractivity contribution in [1.82, 2.24) is 0 Å². The Labute approximate surface area is 436 Å². The van der Waals surface area contributed by atoms with Crippen LogP contribution in [-0.4, -0.2) is 42.8 Å². The quantitative estimate of drug-likeness (QED) is 0.0183. The van der Waals surface area contributed by atoms with Crippen LogP contribution in [0.5, 0.6) is 11.5 Å². The van der Waals surface area contributed by atoms with Crippen LogP contribution in [0.2, 0.25) is 0 Å². The number of hydrogen-bond donors (Lipinski definition) is 5. The molecule has 2 rings (SSSR count). The van der Waals surface area contributed by atoms with Crippen LogP contribution in [-0.2, 0) is 23.5 Å². The number of amides is 1. The normalized spacial score (nSPS) is 12.8. The summed E-state index contributed by atoms with van der Waals surface area (Å²) in [6.07, 6.45) is 37.8. The Hall–Kier alpha value is -2.85. The van der Waals surface area contributed by atoms with Crippen molar-refractivity contribution >= 4 is 38.7 Å². The molecule has 0 heterocycles. The van der Waals surface area contributed by atoms with Gasteiger partial charge in [0, 0.05) is 19.3 Å². The van der Waals surface area contributed by atoms with E-state index in [0.717, 1.165) is 56.1 Å². The third kappa shape index (κ3) is 29.9. The van der Waals surface area contributed by atoms with E-state index in [2.05, 4.69) is 33.0 Å². The van der Waals surface area contributed by atoms with Gasteiger partial charge < -0.3 is 34.4 Å². The van der Waals surface area contributed by atoms with Crippen molar-refractivity contribution in [3.8, 4) is 11.5 Å². The molecule has 412 valence electrons. The van der Waals surface area contributed by atoms with E-state index >= 15 is 0 Å². The van der Waals surface area contributed by atoms with Gasteiger partial charge in [0.15, 0.2) is 11.1 Å². The van der Waals surface area contributed by atoms with Crippen molar-refractivity contribution in [2.75, 3.05) is 5.32 Å². The van der Waals surface area contributed by atoms with Crippen molar-refractivity contribution in [1.29, 1.82) is 0 Å². The minimum Gasteiger partial charge on any atom is -0.427 e. The van der Waals surface area contributed by atoms with Gasteiger partial charge in [-0.1, -0.05) is 226 Å². The number of nitrogens with one attached hydrogen (secondary N) is 1. The Morgan fingerprint density at radius 1 is 0.458 bits per heavy atom. The second-order valence-corrected chi connectivity index (χ2v) is 24.5. The second-order valence-electron chi connectivity index (χ2n) is 20.4. The van der Waals surface area contributed by atoms with Gasteiger partial charge in [-0.25, -0.2) is 0 Å². The Kier molecular flexibility index (Phi) is 35.8. The summed E-state index contributed by atoms with van der Waals surface area (Å²) >= 11 is 0. The molecule has 0 spiro atoms. The number of anilines is 1. The zero-order valence-electron chi connectivity index (χ0n) is 45.3. The van der Waals surface area contributed by atoms with E-state index in [9.17, 15) is 43.1 Å². The number of carbonyl (C=O) groups excluding carboxylic acids is 3. The number of unbranched alkanes of at least 4 members (excludes halogenated alkanes) is 28. The van der Waals surface area contributed by atoms with Crippen LogP contribution in [0, 0.1) is 0 Å². The molecule has 0 fully saturated rings. The lowest BCUT2D eigenvalue weighted by molar-refractivity contribution is -0.135. The molecule has 0 aliphatic rings. The molecule has 2 aromatic rings. The molecule has 2 aromatic carbocycles. The number of ether oxygens (including phenoxy) is 2. The van der Waals surface area contributed by atoms with Crippen molar-refractivity contribution in [2.45, 2.75) is 276 Å². The van der Waals surface area contributed by atoms with E-state index in [1.165, 1.54) is 148 Å². The molecule has 0 bridgehead atoms. The van der Waals surface area contributed by atoms with Gasteiger partial charge in [0.2, 0.25) is 5.91 Å². The molecule has 12 nitrogen and oxygen atoms in total. The largest absolute Gasteiger partial charge is 0.427 e. The third-order valence-corrected chi connectivity index (χ3v) is 18.1. The maximum Gasteiger partial charge on any atom is 0.340 e. The predicted octanol–water partition coefficient (Wildman–Crippen LogP) is 17.1. The molecule has 0 aliphatic heterocycles. The van der Waals surface area contributed by atoms with Crippen LogP contribution in [0.1, 0.15) is 282 Å². The number of hydrogen-bond acceptors (Lipinski definition) is 7. The van der Waals surface area contributed by atoms with Crippen LogP contribution in [0.3, 0.4) is 0 Å². The summed E-state index contributed by atoms with van der Waals surface area (Å²) in [7, 11) is -10.5. The average Bonchev–Trinajstić information content (AvgIpc) is 3.33. The molecule has 0 aromatic heterocycles. The maximum absolute atomic E-state index is 13.3. The molecule has 0 saturated heterocycles. The van der Waals surface area contributed by atoms with E-state index in [1.807, 2.05) is 30.3 Å². The lowest BCUT2D eigenvalue weighted by atomic mass is 9.78. The summed E-state index contributed by atoms with van der Waals surface area (Å²) in [4.78, 5) is 77.7. The average molecular weight is 1050 g/mol. The number of carbonyl (C=O) groups is 3. The molecule has 14 heteroatoms. The standard InChI is InChI=1S/C58H99NO11P2/c1-5-9-11-13-15-17-19-21-23-25-27-29-31-33-35-37-56(61)69-50-42-39-48(40-43-50)51(7-3)52(8-4)49-41-44-54(53(47-49)59-55(60)45-46-58(71(63,64)65)72(66,67)68)70-57(62)38-36-34-32-30-28-26-24-22-20-18-16-14-12-10-6-2/h39-44,47,51-52,58H,5-38,45-46H2,1-4H3,(H,59,60)(H2,63,64,65)(H2,66,67,68). The van der Waals surface area contributed by atoms with E-state index in [4.69, 9.17) is 9.47 Å². The van der Waals surface area contributed by atoms with Gasteiger partial charge in [-0.3, -0.25) is 23.5 Å². The van der Waals surface area contributed by atoms with Gasteiger partial charge >= 0.3 is 27.1 Å². The SMILES string of the molecule is CCCCCCCCCCCCCCCCCC(=O)Oc1ccc(C(CC)C(CC)c2ccc(OC(=O)CCCCCCCCCCCCCCCCC)c(NC(=O)CCC(P(=O)(O)O)P(=O)(O)O)c2)cc1. The first-order valence-corrected chi connectivity index (χ1v) is 32.1. The lowest BCUT2D eigenvalue weighted by Gasteiger charge is -2.27. The van der Waals surface area contributed by atoms with E-state index in [-0.39, 0.29) is 35.7 Å². The smallest absolute Gasteiger partial charge is 0.340 e. The Morgan fingerprint density at radius 2 is 0.806 bits per heavy atom. The Morgan fingerprint density at radius 3 is 1.18 bits per heavy atom. The lowest BCUT2D eigenvalue weighted by Crippen LogP contribution is -2.18. The zero-order chi connectivity index (χ0) is 52.9. The first-order chi connectivity index (χ1) is 34.6. The maximum atomic E-state index is 13.3. The van der Waals surface area contributed by atoms with Crippen molar-refractivity contribution < 1.29 is 52.6 Å². The highest BCUT2D eigenvalue weighted by Crippen LogP contribution is 2.61. The molecule has 1 amide bonds.